The van der Waals surface area contributed by atoms with Crippen molar-refractivity contribution in [1.82, 2.24) is 5.32 Å². The number of rotatable bonds is 8. The number of carbonyl (C=O) groups excluding carboxylic acids is 1. The predicted octanol–water partition coefficient (Wildman–Crippen LogP) is 3.08. The zero-order chi connectivity index (χ0) is 20.8. The number of carbonyl (C=O) groups is 2. The van der Waals surface area contributed by atoms with Gasteiger partial charge in [0.1, 0.15) is 12.7 Å². The van der Waals surface area contributed by atoms with Crippen LogP contribution >= 0.6 is 0 Å². The van der Waals surface area contributed by atoms with Crippen molar-refractivity contribution in [1.29, 1.82) is 0 Å². The maximum atomic E-state index is 12.4. The average Bonchev–Trinajstić information content (AvgIpc) is 3.23. The Morgan fingerprint density at radius 2 is 1.86 bits per heavy atom. The van der Waals surface area contributed by atoms with Gasteiger partial charge in [0.2, 0.25) is 5.91 Å². The average molecular weight is 399 g/mol. The number of ether oxygens (including phenoxy) is 3. The molecule has 1 aliphatic rings. The molecule has 154 valence electrons. The molecule has 0 spiro atoms. The molecule has 2 N–H and O–H groups in total. The molecule has 1 saturated heterocycles. The Morgan fingerprint density at radius 3 is 2.52 bits per heavy atom. The molecule has 1 unspecified atom stereocenters. The molecule has 3 atom stereocenters. The van der Waals surface area contributed by atoms with Gasteiger partial charge in [0.05, 0.1) is 13.2 Å². The maximum absolute atomic E-state index is 12.4. The summed E-state index contributed by atoms with van der Waals surface area (Å²) in [4.78, 5) is 23.4. The van der Waals surface area contributed by atoms with Crippen LogP contribution in [0.1, 0.15) is 36.9 Å². The number of aliphatic carboxylic acids is 1. The van der Waals surface area contributed by atoms with Crippen LogP contribution in [0, 0.1) is 0 Å². The van der Waals surface area contributed by atoms with Crippen LogP contribution in [0.25, 0.3) is 0 Å². The number of carboxylic acids is 1. The molecule has 29 heavy (non-hydrogen) atoms. The van der Waals surface area contributed by atoms with Crippen LogP contribution < -0.4 is 14.8 Å². The van der Waals surface area contributed by atoms with E-state index in [-0.39, 0.29) is 11.9 Å². The SMILES string of the molecule is COc1cc(C(C)NC(=O)[C@@H]2CC[C@H](C(=O)O)O2)ccc1OCc1ccccc1. The number of hydrogen-bond donors (Lipinski definition) is 2. The van der Waals surface area contributed by atoms with Gasteiger partial charge in [-0.05, 0) is 43.0 Å². The van der Waals surface area contributed by atoms with Crippen molar-refractivity contribution >= 4 is 11.9 Å². The maximum Gasteiger partial charge on any atom is 0.332 e. The van der Waals surface area contributed by atoms with Gasteiger partial charge >= 0.3 is 5.97 Å². The lowest BCUT2D eigenvalue weighted by Crippen LogP contribution is -2.37. The minimum Gasteiger partial charge on any atom is -0.493 e. The van der Waals surface area contributed by atoms with E-state index in [1.165, 1.54) is 0 Å². The molecule has 2 aromatic rings. The molecule has 0 aliphatic carbocycles. The Hall–Kier alpha value is -3.06. The van der Waals surface area contributed by atoms with Crippen molar-refractivity contribution in [2.45, 2.75) is 44.6 Å². The van der Waals surface area contributed by atoms with Gasteiger partial charge < -0.3 is 24.6 Å². The van der Waals surface area contributed by atoms with Crippen molar-refractivity contribution in [3.05, 3.63) is 59.7 Å². The molecule has 1 fully saturated rings. The Labute approximate surface area is 169 Å². The number of amides is 1. The first kappa shape index (κ1) is 20.7. The topological polar surface area (TPSA) is 94.1 Å². The fourth-order valence-corrected chi connectivity index (χ4v) is 3.21. The highest BCUT2D eigenvalue weighted by molar-refractivity contribution is 5.83. The fourth-order valence-electron chi connectivity index (χ4n) is 3.21. The lowest BCUT2D eigenvalue weighted by molar-refractivity contribution is -0.151. The van der Waals surface area contributed by atoms with Gasteiger partial charge in [0.25, 0.3) is 0 Å². The molecule has 1 aliphatic heterocycles. The third kappa shape index (κ3) is 5.26. The Bertz CT molecular complexity index is 854. The van der Waals surface area contributed by atoms with Crippen LogP contribution in [0.4, 0.5) is 0 Å². The molecule has 3 rings (SSSR count). The van der Waals surface area contributed by atoms with Crippen molar-refractivity contribution in [3.63, 3.8) is 0 Å². The first-order chi connectivity index (χ1) is 14.0. The monoisotopic (exact) mass is 399 g/mol. The lowest BCUT2D eigenvalue weighted by atomic mass is 10.1. The van der Waals surface area contributed by atoms with Crippen molar-refractivity contribution in [2.24, 2.45) is 0 Å². The summed E-state index contributed by atoms with van der Waals surface area (Å²) >= 11 is 0. The third-order valence-corrected chi connectivity index (χ3v) is 4.87. The van der Waals surface area contributed by atoms with E-state index in [2.05, 4.69) is 5.32 Å². The summed E-state index contributed by atoms with van der Waals surface area (Å²) in [5.74, 6) is -0.168. The van der Waals surface area contributed by atoms with Gasteiger partial charge in [-0.25, -0.2) is 4.79 Å². The molecular weight excluding hydrogens is 374 g/mol. The normalized spacial score (nSPS) is 19.4. The summed E-state index contributed by atoms with van der Waals surface area (Å²) in [6, 6.07) is 15.0. The van der Waals surface area contributed by atoms with Crippen molar-refractivity contribution in [3.8, 4) is 11.5 Å². The van der Waals surface area contributed by atoms with Gasteiger partial charge in [-0.15, -0.1) is 0 Å². The van der Waals surface area contributed by atoms with Crippen molar-refractivity contribution in [2.75, 3.05) is 7.11 Å². The molecule has 0 aromatic heterocycles. The van der Waals surface area contributed by atoms with Gasteiger partial charge in [0, 0.05) is 0 Å². The van der Waals surface area contributed by atoms with E-state index in [9.17, 15) is 9.59 Å². The van der Waals surface area contributed by atoms with Crippen LogP contribution in [-0.2, 0) is 20.9 Å². The number of hydrogen-bond acceptors (Lipinski definition) is 5. The molecule has 1 amide bonds. The summed E-state index contributed by atoms with van der Waals surface area (Å²) in [5, 5.41) is 11.9. The number of carboxylic acid groups (broad SMARTS) is 1. The van der Waals surface area contributed by atoms with Crippen LogP contribution in [-0.4, -0.2) is 36.3 Å². The summed E-state index contributed by atoms with van der Waals surface area (Å²) in [7, 11) is 1.57. The number of methoxy groups -OCH3 is 1. The zero-order valence-electron chi connectivity index (χ0n) is 16.5. The van der Waals surface area contributed by atoms with Crippen LogP contribution in [0.3, 0.4) is 0 Å². The predicted molar refractivity (Wildman–Crippen MR) is 106 cm³/mol. The smallest absolute Gasteiger partial charge is 0.332 e. The highest BCUT2D eigenvalue weighted by atomic mass is 16.5. The molecule has 1 heterocycles. The first-order valence-corrected chi connectivity index (χ1v) is 9.51. The van der Waals surface area contributed by atoms with E-state index in [0.29, 0.717) is 30.9 Å². The summed E-state index contributed by atoms with van der Waals surface area (Å²) in [6.45, 7) is 2.27. The fraction of sp³-hybridized carbons (Fsp3) is 0.364. The molecule has 0 radical (unpaired) electrons. The minimum atomic E-state index is -1.04. The van der Waals surface area contributed by atoms with E-state index in [1.54, 1.807) is 7.11 Å². The second-order valence-electron chi connectivity index (χ2n) is 6.94. The molecule has 2 aromatic carbocycles. The molecule has 0 saturated carbocycles. The van der Waals surface area contributed by atoms with Crippen LogP contribution in [0.15, 0.2) is 48.5 Å². The van der Waals surface area contributed by atoms with Crippen LogP contribution in [0.2, 0.25) is 0 Å². The lowest BCUT2D eigenvalue weighted by Gasteiger charge is -2.19. The Morgan fingerprint density at radius 1 is 1.14 bits per heavy atom. The van der Waals surface area contributed by atoms with E-state index in [4.69, 9.17) is 19.3 Å². The first-order valence-electron chi connectivity index (χ1n) is 9.51. The second-order valence-corrected chi connectivity index (χ2v) is 6.94. The van der Waals surface area contributed by atoms with Crippen molar-refractivity contribution < 1.29 is 28.9 Å². The van der Waals surface area contributed by atoms with Gasteiger partial charge in [-0.1, -0.05) is 36.4 Å². The summed E-state index contributed by atoms with van der Waals surface area (Å²) < 4.78 is 16.6. The molecule has 0 bridgehead atoms. The van der Waals surface area contributed by atoms with E-state index < -0.39 is 18.2 Å². The standard InChI is InChI=1S/C22H25NO6/c1-14(23-21(24)18-10-11-19(29-18)22(25)26)16-8-9-17(20(12-16)27-2)28-13-15-6-4-3-5-7-15/h3-9,12,14,18-19H,10-11,13H2,1-2H3,(H,23,24)(H,25,26)/t14?,18-,19+/m0/s1. The highest BCUT2D eigenvalue weighted by Crippen LogP contribution is 2.31. The Kier molecular flexibility index (Phi) is 6.72. The number of nitrogens with one attached hydrogen (secondary N) is 1. The molecule has 7 nitrogen and oxygen atoms in total. The molecule has 7 heteroatoms. The van der Waals surface area contributed by atoms with Crippen LogP contribution in [0.5, 0.6) is 11.5 Å². The van der Waals surface area contributed by atoms with E-state index in [0.717, 1.165) is 11.1 Å². The largest absolute Gasteiger partial charge is 0.493 e. The Balaban J connectivity index is 1.61. The van der Waals surface area contributed by atoms with Gasteiger partial charge in [-0.3, -0.25) is 4.79 Å². The third-order valence-electron chi connectivity index (χ3n) is 4.87. The number of benzene rings is 2. The zero-order valence-corrected chi connectivity index (χ0v) is 16.5. The van der Waals surface area contributed by atoms with Gasteiger partial charge in [0.15, 0.2) is 17.6 Å². The molecular formula is C22H25NO6. The highest BCUT2D eigenvalue weighted by Gasteiger charge is 2.35. The minimum absolute atomic E-state index is 0.299. The quantitative estimate of drug-likeness (QED) is 0.709. The second kappa shape index (κ2) is 9.43. The summed E-state index contributed by atoms with van der Waals surface area (Å²) in [6.07, 6.45) is -0.926. The van der Waals surface area contributed by atoms with E-state index >= 15 is 0 Å². The van der Waals surface area contributed by atoms with Gasteiger partial charge in [-0.2, -0.15) is 0 Å². The van der Waals surface area contributed by atoms with E-state index in [1.807, 2.05) is 55.5 Å². The summed E-state index contributed by atoms with van der Waals surface area (Å²) in [5.41, 5.74) is 1.89.